The first-order valence-corrected chi connectivity index (χ1v) is 3.26. The average molecular weight is 112 g/mol. The second-order valence-electron chi connectivity index (χ2n) is 1.68. The largest absolute Gasteiger partial charge is 0.123 e. The van der Waals surface area contributed by atoms with E-state index in [0.29, 0.717) is 5.25 Å². The number of hydrogen-bond acceptors (Lipinski definition) is 1. The zero-order chi connectivity index (χ0) is 5.28. The lowest BCUT2D eigenvalue weighted by molar-refractivity contribution is 1.23. The molecule has 1 aliphatic rings. The third kappa shape index (κ3) is 1.16. The van der Waals surface area contributed by atoms with Crippen molar-refractivity contribution in [1.29, 1.82) is 0 Å². The molecule has 0 spiro atoms. The van der Waals surface area contributed by atoms with E-state index in [-0.39, 0.29) is 0 Å². The molecule has 1 rings (SSSR count). The quantitative estimate of drug-likeness (QED) is 0.432. The van der Waals surface area contributed by atoms with E-state index < -0.39 is 0 Å². The summed E-state index contributed by atoms with van der Waals surface area (Å²) in [6, 6.07) is 0. The Morgan fingerprint density at radius 2 is 2.57 bits per heavy atom. The lowest BCUT2D eigenvalue weighted by Crippen LogP contribution is -1.82. The highest BCUT2D eigenvalue weighted by atomic mass is 32.2. The summed E-state index contributed by atoms with van der Waals surface area (Å²) < 4.78 is 0. The fourth-order valence-electron chi connectivity index (χ4n) is 0.582. The fourth-order valence-corrected chi connectivity index (χ4v) is 1.41. The minimum atomic E-state index is 0.597. The topological polar surface area (TPSA) is 0 Å². The van der Waals surface area contributed by atoms with Crippen molar-refractivity contribution >= 4 is 11.8 Å². The maximum absolute atomic E-state index is 3.17. The van der Waals surface area contributed by atoms with Gasteiger partial charge in [0.15, 0.2) is 0 Å². The van der Waals surface area contributed by atoms with Crippen LogP contribution in [-0.4, -0.2) is 5.25 Å². The molecule has 0 aromatic carbocycles. The molecule has 0 nitrogen and oxygen atoms in total. The van der Waals surface area contributed by atoms with Crippen molar-refractivity contribution < 1.29 is 0 Å². The first-order valence-electron chi connectivity index (χ1n) is 2.38. The first kappa shape index (κ1) is 5.10. The summed E-state index contributed by atoms with van der Waals surface area (Å²) >= 11 is 1.87. The third-order valence-corrected chi connectivity index (χ3v) is 1.86. The molecule has 1 heteroatoms. The molecule has 0 amide bonds. The molecule has 1 heterocycles. The maximum Gasteiger partial charge on any atom is 0.0316 e. The monoisotopic (exact) mass is 112 g/mol. The van der Waals surface area contributed by atoms with E-state index in [2.05, 4.69) is 26.0 Å². The molecule has 0 fully saturated rings. The van der Waals surface area contributed by atoms with Gasteiger partial charge >= 0.3 is 0 Å². The Bertz CT molecular complexity index is 76.2. The minimum absolute atomic E-state index is 0.597. The summed E-state index contributed by atoms with van der Waals surface area (Å²) in [5, 5.41) is 1.98. The summed E-state index contributed by atoms with van der Waals surface area (Å²) in [5.41, 5.74) is 0. The molecule has 0 aliphatic carbocycles. The van der Waals surface area contributed by atoms with Gasteiger partial charge in [0, 0.05) is 5.25 Å². The van der Waals surface area contributed by atoms with Crippen LogP contribution in [0, 0.1) is 11.3 Å². The van der Waals surface area contributed by atoms with Gasteiger partial charge in [-0.3, -0.25) is 0 Å². The van der Waals surface area contributed by atoms with Crippen molar-refractivity contribution in [2.45, 2.75) is 19.1 Å². The summed E-state index contributed by atoms with van der Waals surface area (Å²) in [6.07, 6.45) is 5.22. The predicted octanol–water partition coefficient (Wildman–Crippen LogP) is 2.03. The van der Waals surface area contributed by atoms with Crippen molar-refractivity contribution in [1.82, 2.24) is 0 Å². The van der Waals surface area contributed by atoms with Crippen LogP contribution in [0.1, 0.15) is 13.8 Å². The summed E-state index contributed by atoms with van der Waals surface area (Å²) in [5.74, 6) is 0. The number of thioether (sulfide) groups is 1. The molecule has 0 saturated carbocycles. The van der Waals surface area contributed by atoms with Gasteiger partial charge in [0.05, 0.1) is 0 Å². The molecule has 1 atom stereocenters. The standard InChI is InChI=1S/C6H8S/c1-5-3-4-6(2)7-5/h3,6H,1-2H3. The third-order valence-electron chi connectivity index (χ3n) is 0.884. The Kier molecular flexibility index (Phi) is 1.33. The van der Waals surface area contributed by atoms with Gasteiger partial charge < -0.3 is 0 Å². The highest BCUT2D eigenvalue weighted by Crippen LogP contribution is 2.31. The van der Waals surface area contributed by atoms with Gasteiger partial charge in [-0.15, -0.1) is 11.8 Å². The predicted molar refractivity (Wildman–Crippen MR) is 33.8 cm³/mol. The van der Waals surface area contributed by atoms with Gasteiger partial charge in [-0.25, -0.2) is 0 Å². The van der Waals surface area contributed by atoms with Gasteiger partial charge in [-0.1, -0.05) is 0 Å². The summed E-state index contributed by atoms with van der Waals surface area (Å²) in [4.78, 5) is 0. The molecule has 1 aliphatic heterocycles. The highest BCUT2D eigenvalue weighted by Gasteiger charge is 2.09. The van der Waals surface area contributed by atoms with Crippen molar-refractivity contribution in [3.63, 3.8) is 0 Å². The van der Waals surface area contributed by atoms with E-state index in [0.717, 1.165) is 0 Å². The van der Waals surface area contributed by atoms with Crippen LogP contribution in [0.25, 0.3) is 0 Å². The Balaban J connectivity index is 2.42. The van der Waals surface area contributed by atoms with Gasteiger partial charge in [0.2, 0.25) is 0 Å². The van der Waals surface area contributed by atoms with Crippen LogP contribution in [0.2, 0.25) is 0 Å². The van der Waals surface area contributed by atoms with Crippen LogP contribution in [0.5, 0.6) is 0 Å². The van der Waals surface area contributed by atoms with E-state index in [4.69, 9.17) is 0 Å². The second kappa shape index (κ2) is 1.83. The van der Waals surface area contributed by atoms with Crippen LogP contribution < -0.4 is 0 Å². The molecule has 0 saturated heterocycles. The second-order valence-corrected chi connectivity index (χ2v) is 3.27. The van der Waals surface area contributed by atoms with Crippen LogP contribution in [0.4, 0.5) is 0 Å². The first-order chi connectivity index (χ1) is 3.29. The van der Waals surface area contributed by atoms with E-state index in [1.165, 1.54) is 5.25 Å². The Hall–Kier alpha value is -0.0400. The van der Waals surface area contributed by atoms with E-state index in [1.54, 1.807) is 0 Å². The number of rotatable bonds is 0. The van der Waals surface area contributed by atoms with Gasteiger partial charge in [0.25, 0.3) is 0 Å². The molecule has 1 unspecified atom stereocenters. The van der Waals surface area contributed by atoms with Gasteiger partial charge in [-0.05, 0) is 31.2 Å². The lowest BCUT2D eigenvalue weighted by Gasteiger charge is -1.97. The maximum atomic E-state index is 3.17. The van der Waals surface area contributed by atoms with E-state index >= 15 is 0 Å². The fraction of sp³-hybridized carbons (Fsp3) is 0.500. The molecule has 0 aromatic rings. The van der Waals surface area contributed by atoms with Crippen LogP contribution >= 0.6 is 11.8 Å². The van der Waals surface area contributed by atoms with Gasteiger partial charge in [-0.2, -0.15) is 0 Å². The molecule has 0 radical (unpaired) electrons. The molecular weight excluding hydrogens is 104 g/mol. The van der Waals surface area contributed by atoms with Crippen LogP contribution in [0.3, 0.4) is 0 Å². The zero-order valence-electron chi connectivity index (χ0n) is 4.56. The van der Waals surface area contributed by atoms with Crippen molar-refractivity contribution in [2.75, 3.05) is 0 Å². The highest BCUT2D eigenvalue weighted by molar-refractivity contribution is 8.03. The molecule has 38 valence electrons. The lowest BCUT2D eigenvalue weighted by atomic mass is 10.4. The average Bonchev–Trinajstić information content (AvgIpc) is 1.87. The Morgan fingerprint density at radius 3 is 2.71 bits per heavy atom. The van der Waals surface area contributed by atoms with Crippen LogP contribution in [-0.2, 0) is 0 Å². The normalized spacial score (nSPS) is 29.4. The summed E-state index contributed by atoms with van der Waals surface area (Å²) in [7, 11) is 0. The minimum Gasteiger partial charge on any atom is -0.123 e. The molecule has 0 aromatic heterocycles. The molecule has 0 N–H and O–H groups in total. The SMILES string of the molecule is C[C+]1C=[C-]C(C)S1. The van der Waals surface area contributed by atoms with Gasteiger partial charge in [0.1, 0.15) is 0 Å². The van der Waals surface area contributed by atoms with Crippen molar-refractivity contribution in [3.05, 3.63) is 17.4 Å². The van der Waals surface area contributed by atoms with Crippen LogP contribution in [0.15, 0.2) is 6.08 Å². The zero-order valence-corrected chi connectivity index (χ0v) is 5.38. The summed E-state index contributed by atoms with van der Waals surface area (Å²) in [6.45, 7) is 4.26. The molecule has 7 heavy (non-hydrogen) atoms. The Labute approximate surface area is 49.0 Å². The Morgan fingerprint density at radius 1 is 1.86 bits per heavy atom. The van der Waals surface area contributed by atoms with Crippen molar-refractivity contribution in [2.24, 2.45) is 0 Å². The van der Waals surface area contributed by atoms with Crippen molar-refractivity contribution in [3.8, 4) is 0 Å². The van der Waals surface area contributed by atoms with E-state index in [9.17, 15) is 0 Å². The van der Waals surface area contributed by atoms with E-state index in [1.807, 2.05) is 11.8 Å². The smallest absolute Gasteiger partial charge is 0.0316 e. The molecular formula is C6H8S. The molecule has 0 bridgehead atoms. The number of hydrogen-bond donors (Lipinski definition) is 0.